The Morgan fingerprint density at radius 3 is 1.02 bits per heavy atom. The van der Waals surface area contributed by atoms with E-state index in [2.05, 4.69) is 302 Å². The number of benzene rings is 12. The Labute approximate surface area is 495 Å². The first kappa shape index (κ1) is 49.0. The van der Waals surface area contributed by atoms with Gasteiger partial charge in [-0.1, -0.05) is 158 Å². The van der Waals surface area contributed by atoms with Crippen molar-refractivity contribution in [3.63, 3.8) is 0 Å². The van der Waals surface area contributed by atoms with E-state index in [0.29, 0.717) is 0 Å². The smallest absolute Gasteiger partial charge is 0.256 e. The SMILES string of the molecule is Cc1ccccc1N(c1cc2c3c(c1)N(c1ccccc1)c1cc4oc5cc6c(cc5c4cc1B3c1ccccc1O2)B1c2ccccc2Oc2cc(N(c3ccccc3C)c3ccccc3C)cc(c21)N6c1ccccc1)c1ccccc1C. The van der Waals surface area contributed by atoms with Crippen molar-refractivity contribution in [2.75, 3.05) is 19.6 Å². The largest absolute Gasteiger partial charge is 0.458 e. The Hall–Kier alpha value is -10.6. The fraction of sp³-hybridized carbons (Fsp3) is 0.0526. The number of ether oxygens (including phenoxy) is 2. The Morgan fingerprint density at radius 2 is 0.647 bits per heavy atom. The zero-order valence-electron chi connectivity index (χ0n) is 47.4. The highest BCUT2D eigenvalue weighted by molar-refractivity contribution is 7.00. The third-order valence-electron chi connectivity index (χ3n) is 18.0. The molecular formula is C76H54B2N4O3. The van der Waals surface area contributed by atoms with Crippen LogP contribution in [0.2, 0.25) is 0 Å². The molecule has 4 aliphatic rings. The van der Waals surface area contributed by atoms with Crippen molar-refractivity contribution < 1.29 is 13.9 Å². The molecule has 12 aromatic carbocycles. The second-order valence-electron chi connectivity index (χ2n) is 23.0. The van der Waals surface area contributed by atoms with Gasteiger partial charge in [0.25, 0.3) is 13.4 Å². The van der Waals surface area contributed by atoms with E-state index in [-0.39, 0.29) is 13.4 Å². The number of para-hydroxylation sites is 8. The predicted octanol–water partition coefficient (Wildman–Crippen LogP) is 16.6. The average molecular weight is 1090 g/mol. The number of furan rings is 1. The topological polar surface area (TPSA) is 44.6 Å². The number of nitrogens with zero attached hydrogens (tertiary/aromatic N) is 4. The van der Waals surface area contributed by atoms with Gasteiger partial charge in [-0.05, 0) is 156 Å². The zero-order chi connectivity index (χ0) is 56.6. The lowest BCUT2D eigenvalue weighted by atomic mass is 9.34. The predicted molar refractivity (Wildman–Crippen MR) is 354 cm³/mol. The molecule has 0 saturated carbocycles. The first-order valence-electron chi connectivity index (χ1n) is 29.3. The summed E-state index contributed by atoms with van der Waals surface area (Å²) in [7, 11) is 0. The van der Waals surface area contributed by atoms with Gasteiger partial charge >= 0.3 is 0 Å². The molecule has 17 rings (SSSR count). The summed E-state index contributed by atoms with van der Waals surface area (Å²) in [6.45, 7) is 8.44. The maximum absolute atomic E-state index is 7.37. The van der Waals surface area contributed by atoms with Crippen LogP contribution in [0.15, 0.2) is 259 Å². The molecule has 0 radical (unpaired) electrons. The van der Waals surface area contributed by atoms with Crippen molar-refractivity contribution in [2.45, 2.75) is 27.7 Å². The minimum absolute atomic E-state index is 0.158. The van der Waals surface area contributed by atoms with Crippen LogP contribution in [-0.4, -0.2) is 13.4 Å². The molecule has 0 N–H and O–H groups in total. The Balaban J connectivity index is 0.914. The first-order chi connectivity index (χ1) is 41.8. The molecule has 0 atom stereocenters. The van der Waals surface area contributed by atoms with Crippen molar-refractivity contribution in [3.8, 4) is 23.0 Å². The van der Waals surface area contributed by atoms with E-state index >= 15 is 0 Å². The summed E-state index contributed by atoms with van der Waals surface area (Å²) < 4.78 is 21.7. The second kappa shape index (κ2) is 19.0. The quantitative estimate of drug-likeness (QED) is 0.141. The fourth-order valence-electron chi connectivity index (χ4n) is 14.2. The summed E-state index contributed by atoms with van der Waals surface area (Å²) in [5.74, 6) is 3.37. The highest BCUT2D eigenvalue weighted by atomic mass is 16.5. The van der Waals surface area contributed by atoms with Crippen molar-refractivity contribution >= 4 is 136 Å². The fourth-order valence-corrected chi connectivity index (χ4v) is 14.2. The Bertz CT molecular complexity index is 4510. The van der Waals surface area contributed by atoms with Crippen LogP contribution in [0, 0.1) is 27.7 Å². The number of hydrogen-bond acceptors (Lipinski definition) is 7. The van der Waals surface area contributed by atoms with Crippen LogP contribution in [0.3, 0.4) is 0 Å². The van der Waals surface area contributed by atoms with Crippen LogP contribution < -0.4 is 61.9 Å². The van der Waals surface area contributed by atoms with Gasteiger partial charge in [0, 0.05) is 91.9 Å². The molecule has 402 valence electrons. The van der Waals surface area contributed by atoms with Crippen molar-refractivity contribution in [3.05, 3.63) is 277 Å². The molecule has 0 spiro atoms. The molecule has 5 heterocycles. The van der Waals surface area contributed by atoms with Gasteiger partial charge in [-0.2, -0.15) is 0 Å². The van der Waals surface area contributed by atoms with Gasteiger partial charge in [0.15, 0.2) is 0 Å². The summed E-state index contributed by atoms with van der Waals surface area (Å²) in [5.41, 5.74) is 25.9. The van der Waals surface area contributed by atoms with E-state index in [4.69, 9.17) is 13.9 Å². The number of fused-ring (bicyclic) bond motifs is 11. The number of rotatable bonds is 8. The van der Waals surface area contributed by atoms with Crippen LogP contribution in [0.5, 0.6) is 23.0 Å². The molecule has 9 heteroatoms. The summed E-state index contributed by atoms with van der Waals surface area (Å²) in [6, 6.07) is 92.0. The van der Waals surface area contributed by atoms with E-state index in [9.17, 15) is 0 Å². The standard InChI is InChI=1S/C76H54B2N4O3/c1-47-23-11-17-33-61(47)81(62-34-18-12-24-48(62)2)53-39-67-75-73(41-53)83-69-37-21-15-31-57(69)77(75)59-43-55-56-44-60-66(46-72(56)85-71(55)45-65(59)79(67)51-27-7-5-8-28-51)80(52-29-9-6-10-30-52)68-40-54(42-74-76(68)78(60)58-32-16-22-38-70(58)84-74)82(63-35-19-13-25-49(63)3)64-36-20-14-26-50(64)4/h5-46H,1-4H3. The van der Waals surface area contributed by atoms with Crippen LogP contribution in [0.4, 0.5) is 68.2 Å². The Kier molecular flexibility index (Phi) is 10.9. The summed E-state index contributed by atoms with van der Waals surface area (Å²) in [5, 5.41) is 2.11. The average Bonchev–Trinajstić information content (AvgIpc) is 1.75. The molecule has 0 unspecified atom stereocenters. The van der Waals surface area contributed by atoms with Crippen LogP contribution in [-0.2, 0) is 0 Å². The van der Waals surface area contributed by atoms with Crippen molar-refractivity contribution in [2.24, 2.45) is 0 Å². The number of hydrogen-bond donors (Lipinski definition) is 0. The number of aryl methyl sites for hydroxylation is 4. The number of anilines is 12. The molecular weight excluding hydrogens is 1040 g/mol. The van der Waals surface area contributed by atoms with Gasteiger partial charge < -0.3 is 33.5 Å². The summed E-state index contributed by atoms with van der Waals surface area (Å²) in [6.07, 6.45) is 0. The van der Waals surface area contributed by atoms with Gasteiger partial charge in [-0.25, -0.2) is 0 Å². The molecule has 0 fully saturated rings. The summed E-state index contributed by atoms with van der Waals surface area (Å²) in [4.78, 5) is 9.65. The maximum Gasteiger partial charge on any atom is 0.256 e. The van der Waals surface area contributed by atoms with Gasteiger partial charge in [0.05, 0.1) is 11.4 Å². The second-order valence-corrected chi connectivity index (χ2v) is 23.0. The lowest BCUT2D eigenvalue weighted by Gasteiger charge is -2.41. The van der Waals surface area contributed by atoms with Gasteiger partial charge in [0.2, 0.25) is 0 Å². The van der Waals surface area contributed by atoms with E-state index < -0.39 is 0 Å². The molecule has 0 aliphatic carbocycles. The van der Waals surface area contributed by atoms with Crippen molar-refractivity contribution in [1.29, 1.82) is 0 Å². The lowest BCUT2D eigenvalue weighted by Crippen LogP contribution is -2.59. The minimum Gasteiger partial charge on any atom is -0.458 e. The Morgan fingerprint density at radius 1 is 0.306 bits per heavy atom. The molecule has 0 saturated heterocycles. The zero-order valence-corrected chi connectivity index (χ0v) is 47.4. The summed E-state index contributed by atoms with van der Waals surface area (Å²) >= 11 is 0. The van der Waals surface area contributed by atoms with Crippen LogP contribution in [0.1, 0.15) is 22.3 Å². The molecule has 4 aliphatic heterocycles. The van der Waals surface area contributed by atoms with Crippen LogP contribution in [0.25, 0.3) is 21.9 Å². The molecule has 85 heavy (non-hydrogen) atoms. The lowest BCUT2D eigenvalue weighted by molar-refractivity contribution is 0.487. The molecule has 7 nitrogen and oxygen atoms in total. The maximum atomic E-state index is 7.37. The third-order valence-corrected chi connectivity index (χ3v) is 18.0. The van der Waals surface area contributed by atoms with Gasteiger partial charge in [0.1, 0.15) is 34.2 Å². The van der Waals surface area contributed by atoms with Gasteiger partial charge in [-0.3, -0.25) is 0 Å². The first-order valence-corrected chi connectivity index (χ1v) is 29.3. The highest BCUT2D eigenvalue weighted by Crippen LogP contribution is 2.51. The van der Waals surface area contributed by atoms with Crippen molar-refractivity contribution in [1.82, 2.24) is 0 Å². The third kappa shape index (κ3) is 7.49. The van der Waals surface area contributed by atoms with Crippen LogP contribution >= 0.6 is 0 Å². The van der Waals surface area contributed by atoms with Gasteiger partial charge in [-0.15, -0.1) is 0 Å². The van der Waals surface area contributed by atoms with E-state index in [0.717, 1.165) is 135 Å². The minimum atomic E-state index is -0.158. The molecule has 1 aromatic heterocycles. The molecule has 0 amide bonds. The van der Waals surface area contributed by atoms with E-state index in [1.54, 1.807) is 0 Å². The highest BCUT2D eigenvalue weighted by Gasteiger charge is 2.46. The van der Waals surface area contributed by atoms with E-state index in [1.165, 1.54) is 33.2 Å². The molecule has 0 bridgehead atoms. The monoisotopic (exact) mass is 1090 g/mol. The normalized spacial score (nSPS) is 13.0. The molecule has 13 aromatic rings. The van der Waals surface area contributed by atoms with E-state index in [1.807, 2.05) is 0 Å².